The molecular weight excluding hydrogens is 308 g/mol. The lowest BCUT2D eigenvalue weighted by atomic mass is 10.1. The number of ether oxygens (including phenoxy) is 2. The molecular formula is C17H18N4O3. The maximum absolute atomic E-state index is 11.5. The predicted octanol–water partition coefficient (Wildman–Crippen LogP) is 3.22. The van der Waals surface area contributed by atoms with Gasteiger partial charge in [-0.05, 0) is 31.5 Å². The van der Waals surface area contributed by atoms with Crippen LogP contribution in [0.5, 0.6) is 5.75 Å². The first-order valence-electron chi connectivity index (χ1n) is 7.40. The van der Waals surface area contributed by atoms with Gasteiger partial charge in [0, 0.05) is 11.5 Å². The first-order chi connectivity index (χ1) is 11.5. The first-order valence-corrected chi connectivity index (χ1v) is 7.40. The second-order valence-corrected chi connectivity index (χ2v) is 5.35. The van der Waals surface area contributed by atoms with Crippen LogP contribution >= 0.6 is 0 Å². The van der Waals surface area contributed by atoms with E-state index in [-0.39, 0.29) is 0 Å². The summed E-state index contributed by atoms with van der Waals surface area (Å²) in [5.74, 6) is 1.76. The van der Waals surface area contributed by atoms with Crippen molar-refractivity contribution in [3.05, 3.63) is 41.6 Å². The Kier molecular flexibility index (Phi) is 4.07. The third-order valence-electron chi connectivity index (χ3n) is 3.68. The van der Waals surface area contributed by atoms with Gasteiger partial charge in [0.25, 0.3) is 0 Å². The minimum absolute atomic E-state index is 0.487. The Bertz CT molecular complexity index is 918. The Labute approximate surface area is 139 Å². The second-order valence-electron chi connectivity index (χ2n) is 5.35. The number of fused-ring (bicyclic) bond motifs is 1. The molecule has 0 aliphatic heterocycles. The zero-order valence-corrected chi connectivity index (χ0v) is 14.0. The number of aryl methyl sites for hydroxylation is 2. The number of benzene rings is 1. The van der Waals surface area contributed by atoms with Gasteiger partial charge in [-0.25, -0.2) is 9.78 Å². The van der Waals surface area contributed by atoms with Gasteiger partial charge in [-0.3, -0.25) is 5.32 Å². The molecule has 0 radical (unpaired) electrons. The molecule has 1 N–H and O–H groups in total. The van der Waals surface area contributed by atoms with E-state index in [0.717, 1.165) is 22.2 Å². The molecule has 3 aromatic rings. The van der Waals surface area contributed by atoms with Crippen LogP contribution in [0, 0.1) is 13.8 Å². The molecule has 0 fully saturated rings. The summed E-state index contributed by atoms with van der Waals surface area (Å²) in [6, 6.07) is 9.45. The van der Waals surface area contributed by atoms with Crippen molar-refractivity contribution in [1.29, 1.82) is 0 Å². The Balaban J connectivity index is 2.18. The molecule has 0 aliphatic carbocycles. The smallest absolute Gasteiger partial charge is 0.412 e. The van der Waals surface area contributed by atoms with Gasteiger partial charge in [0.05, 0.1) is 19.9 Å². The molecule has 24 heavy (non-hydrogen) atoms. The van der Waals surface area contributed by atoms with E-state index in [0.29, 0.717) is 17.4 Å². The molecule has 2 heterocycles. The Morgan fingerprint density at radius 2 is 2.00 bits per heavy atom. The highest BCUT2D eigenvalue weighted by Gasteiger charge is 2.14. The average Bonchev–Trinajstić information content (AvgIpc) is 2.94. The maximum atomic E-state index is 11.5. The number of anilines is 1. The third kappa shape index (κ3) is 2.76. The summed E-state index contributed by atoms with van der Waals surface area (Å²) in [6.45, 7) is 3.84. The van der Waals surface area contributed by atoms with Crippen molar-refractivity contribution in [2.75, 3.05) is 19.5 Å². The summed E-state index contributed by atoms with van der Waals surface area (Å²) in [4.78, 5) is 16.2. The van der Waals surface area contributed by atoms with Crippen molar-refractivity contribution in [2.24, 2.45) is 0 Å². The van der Waals surface area contributed by atoms with Crippen LogP contribution in [0.25, 0.3) is 16.7 Å². The van der Waals surface area contributed by atoms with Crippen molar-refractivity contribution in [3.63, 3.8) is 0 Å². The third-order valence-corrected chi connectivity index (χ3v) is 3.68. The summed E-state index contributed by atoms with van der Waals surface area (Å²) in [6.07, 6.45) is -0.564. The molecule has 7 heteroatoms. The fourth-order valence-electron chi connectivity index (χ4n) is 2.57. The Morgan fingerprint density at radius 3 is 2.71 bits per heavy atom. The van der Waals surface area contributed by atoms with E-state index in [2.05, 4.69) is 20.1 Å². The molecule has 7 nitrogen and oxygen atoms in total. The lowest BCUT2D eigenvalue weighted by Crippen LogP contribution is -2.15. The number of rotatable bonds is 3. The van der Waals surface area contributed by atoms with Gasteiger partial charge in [0.1, 0.15) is 17.1 Å². The van der Waals surface area contributed by atoms with Gasteiger partial charge in [-0.2, -0.15) is 9.78 Å². The van der Waals surface area contributed by atoms with Gasteiger partial charge in [0.2, 0.25) is 0 Å². The fraction of sp³-hybridized carbons (Fsp3) is 0.235. The topological polar surface area (TPSA) is 78.3 Å². The van der Waals surface area contributed by atoms with Crippen LogP contribution in [0.1, 0.15) is 11.3 Å². The van der Waals surface area contributed by atoms with Crippen LogP contribution in [0.4, 0.5) is 10.6 Å². The predicted molar refractivity (Wildman–Crippen MR) is 90.9 cm³/mol. The molecule has 0 saturated heterocycles. The zero-order valence-electron chi connectivity index (χ0n) is 14.0. The number of hydrogen-bond donors (Lipinski definition) is 1. The van der Waals surface area contributed by atoms with Crippen molar-refractivity contribution < 1.29 is 14.3 Å². The number of para-hydroxylation sites is 1. The lowest BCUT2D eigenvalue weighted by molar-refractivity contribution is 0.186. The molecule has 124 valence electrons. The van der Waals surface area contributed by atoms with Gasteiger partial charge < -0.3 is 9.47 Å². The van der Waals surface area contributed by atoms with E-state index in [1.807, 2.05) is 38.1 Å². The SMILES string of the molecule is COC(=O)Nc1cc(C)nn1-c1cc(C)c2cccc(OC)c2n1. The van der Waals surface area contributed by atoms with E-state index in [4.69, 9.17) is 4.74 Å². The van der Waals surface area contributed by atoms with Gasteiger partial charge >= 0.3 is 6.09 Å². The lowest BCUT2D eigenvalue weighted by Gasteiger charge is -2.11. The van der Waals surface area contributed by atoms with Gasteiger partial charge in [0.15, 0.2) is 5.82 Å². The zero-order chi connectivity index (χ0) is 17.3. The van der Waals surface area contributed by atoms with Gasteiger partial charge in [-0.15, -0.1) is 0 Å². The molecule has 0 aliphatic rings. The quantitative estimate of drug-likeness (QED) is 0.799. The number of carbonyl (C=O) groups excluding carboxylic acids is 1. The number of amides is 1. The summed E-state index contributed by atoms with van der Waals surface area (Å²) in [7, 11) is 2.92. The Morgan fingerprint density at radius 1 is 1.21 bits per heavy atom. The minimum atomic E-state index is -0.564. The second kappa shape index (κ2) is 6.19. The largest absolute Gasteiger partial charge is 0.494 e. The number of hydrogen-bond acceptors (Lipinski definition) is 5. The number of methoxy groups -OCH3 is 2. The highest BCUT2D eigenvalue weighted by atomic mass is 16.5. The van der Waals surface area contributed by atoms with Gasteiger partial charge in [-0.1, -0.05) is 12.1 Å². The molecule has 0 atom stereocenters. The summed E-state index contributed by atoms with van der Waals surface area (Å²) in [5.41, 5.74) is 2.53. The summed E-state index contributed by atoms with van der Waals surface area (Å²) in [5, 5.41) is 8.06. The molecule has 3 rings (SSSR count). The van der Waals surface area contributed by atoms with Crippen LogP contribution < -0.4 is 10.1 Å². The molecule has 0 bridgehead atoms. The van der Waals surface area contributed by atoms with E-state index < -0.39 is 6.09 Å². The van der Waals surface area contributed by atoms with E-state index in [9.17, 15) is 4.79 Å². The average molecular weight is 326 g/mol. The van der Waals surface area contributed by atoms with Crippen molar-refractivity contribution in [3.8, 4) is 11.6 Å². The molecule has 2 aromatic heterocycles. The van der Waals surface area contributed by atoms with Crippen LogP contribution in [0.3, 0.4) is 0 Å². The normalized spacial score (nSPS) is 10.7. The molecule has 1 aromatic carbocycles. The number of nitrogens with one attached hydrogen (secondary N) is 1. The maximum Gasteiger partial charge on any atom is 0.412 e. The highest BCUT2D eigenvalue weighted by molar-refractivity contribution is 5.88. The minimum Gasteiger partial charge on any atom is -0.494 e. The van der Waals surface area contributed by atoms with Crippen LogP contribution in [0.15, 0.2) is 30.3 Å². The van der Waals surface area contributed by atoms with Crippen LogP contribution in [-0.4, -0.2) is 35.1 Å². The summed E-state index contributed by atoms with van der Waals surface area (Å²) < 4.78 is 11.6. The molecule has 0 spiro atoms. The van der Waals surface area contributed by atoms with E-state index in [1.54, 1.807) is 17.9 Å². The Hall–Kier alpha value is -3.09. The van der Waals surface area contributed by atoms with Crippen molar-refractivity contribution >= 4 is 22.8 Å². The fourth-order valence-corrected chi connectivity index (χ4v) is 2.57. The first kappa shape index (κ1) is 15.8. The number of pyridine rings is 1. The van der Waals surface area contributed by atoms with Crippen molar-refractivity contribution in [1.82, 2.24) is 14.8 Å². The van der Waals surface area contributed by atoms with Crippen LogP contribution in [-0.2, 0) is 4.74 Å². The van der Waals surface area contributed by atoms with E-state index in [1.165, 1.54) is 7.11 Å². The summed E-state index contributed by atoms with van der Waals surface area (Å²) >= 11 is 0. The highest BCUT2D eigenvalue weighted by Crippen LogP contribution is 2.28. The van der Waals surface area contributed by atoms with E-state index >= 15 is 0 Å². The number of carbonyl (C=O) groups is 1. The molecule has 0 saturated carbocycles. The number of aromatic nitrogens is 3. The molecule has 1 amide bonds. The van der Waals surface area contributed by atoms with Crippen LogP contribution in [0.2, 0.25) is 0 Å². The standard InChI is InChI=1S/C17H18N4O3/c1-10-8-14(18-16-12(10)6-5-7-13(16)23-3)21-15(9-11(2)20-21)19-17(22)24-4/h5-9H,1-4H3,(H,19,22). The monoisotopic (exact) mass is 326 g/mol. The number of nitrogens with zero attached hydrogens (tertiary/aromatic N) is 3. The van der Waals surface area contributed by atoms with Crippen molar-refractivity contribution in [2.45, 2.75) is 13.8 Å². The molecule has 0 unspecified atom stereocenters.